The van der Waals surface area contributed by atoms with Gasteiger partial charge in [0.05, 0.1) is 10.6 Å². The zero-order chi connectivity index (χ0) is 29.4. The fourth-order valence-corrected chi connectivity index (χ4v) is 6.88. The Morgan fingerprint density at radius 3 is 2.15 bits per heavy atom. The maximum absolute atomic E-state index is 14.2. The molecule has 3 aromatic rings. The molecule has 0 saturated heterocycles. The van der Waals surface area contributed by atoms with Crippen molar-refractivity contribution in [2.24, 2.45) is 0 Å². The SMILES string of the molecule is CCc1ccccc1N(CC(=O)N(Cc1ccccc1C)C(C)C(=O)NC1CCCCC1)S(=O)(=O)c1ccccc1. The van der Waals surface area contributed by atoms with Gasteiger partial charge in [-0.25, -0.2) is 8.42 Å². The van der Waals surface area contributed by atoms with Crippen LogP contribution in [0.5, 0.6) is 0 Å². The Morgan fingerprint density at radius 2 is 1.49 bits per heavy atom. The van der Waals surface area contributed by atoms with Crippen molar-refractivity contribution in [2.75, 3.05) is 10.8 Å². The number of hydrogen-bond donors (Lipinski definition) is 1. The van der Waals surface area contributed by atoms with Crippen LogP contribution in [0.2, 0.25) is 0 Å². The summed E-state index contributed by atoms with van der Waals surface area (Å²) in [5.41, 5.74) is 3.18. The van der Waals surface area contributed by atoms with Gasteiger partial charge in [-0.1, -0.05) is 86.8 Å². The molecule has 1 aliphatic carbocycles. The van der Waals surface area contributed by atoms with Crippen LogP contribution in [0.1, 0.15) is 62.6 Å². The van der Waals surface area contributed by atoms with E-state index < -0.39 is 28.5 Å². The molecule has 4 rings (SSSR count). The molecule has 0 aliphatic heterocycles. The number of benzene rings is 3. The van der Waals surface area contributed by atoms with Gasteiger partial charge < -0.3 is 10.2 Å². The predicted molar refractivity (Wildman–Crippen MR) is 163 cm³/mol. The smallest absolute Gasteiger partial charge is 0.264 e. The molecule has 1 aliphatic rings. The van der Waals surface area contributed by atoms with Gasteiger partial charge >= 0.3 is 0 Å². The van der Waals surface area contributed by atoms with Crippen molar-refractivity contribution in [3.05, 3.63) is 95.6 Å². The van der Waals surface area contributed by atoms with E-state index in [0.717, 1.165) is 42.4 Å². The first-order valence-corrected chi connectivity index (χ1v) is 16.0. The van der Waals surface area contributed by atoms with E-state index in [2.05, 4.69) is 5.32 Å². The van der Waals surface area contributed by atoms with Crippen molar-refractivity contribution >= 4 is 27.5 Å². The Hall–Kier alpha value is -3.65. The number of anilines is 1. The molecule has 1 N–H and O–H groups in total. The molecule has 0 radical (unpaired) electrons. The van der Waals surface area contributed by atoms with E-state index in [9.17, 15) is 18.0 Å². The van der Waals surface area contributed by atoms with Crippen LogP contribution in [-0.2, 0) is 32.6 Å². The van der Waals surface area contributed by atoms with Crippen LogP contribution < -0.4 is 9.62 Å². The Morgan fingerprint density at radius 1 is 0.878 bits per heavy atom. The van der Waals surface area contributed by atoms with Crippen LogP contribution in [0.25, 0.3) is 0 Å². The van der Waals surface area contributed by atoms with E-state index in [4.69, 9.17) is 0 Å². The molecular formula is C33H41N3O4S. The van der Waals surface area contributed by atoms with Crippen molar-refractivity contribution in [1.82, 2.24) is 10.2 Å². The molecule has 0 bridgehead atoms. The summed E-state index contributed by atoms with van der Waals surface area (Å²) in [4.78, 5) is 29.3. The van der Waals surface area contributed by atoms with Gasteiger partial charge in [0.1, 0.15) is 12.6 Å². The van der Waals surface area contributed by atoms with E-state index in [1.54, 1.807) is 37.3 Å². The first-order valence-electron chi connectivity index (χ1n) is 14.5. The van der Waals surface area contributed by atoms with E-state index in [-0.39, 0.29) is 23.4 Å². The summed E-state index contributed by atoms with van der Waals surface area (Å²) in [6.45, 7) is 5.41. The van der Waals surface area contributed by atoms with Crippen molar-refractivity contribution in [2.45, 2.75) is 82.8 Å². The first kappa shape index (κ1) is 30.3. The average molecular weight is 576 g/mol. The maximum atomic E-state index is 14.2. The van der Waals surface area contributed by atoms with Crippen LogP contribution in [0, 0.1) is 6.92 Å². The number of rotatable bonds is 11. The fraction of sp³-hybridized carbons (Fsp3) is 0.394. The highest BCUT2D eigenvalue weighted by atomic mass is 32.2. The number of sulfonamides is 1. The second-order valence-corrected chi connectivity index (χ2v) is 12.6. The third-order valence-electron chi connectivity index (χ3n) is 7.97. The molecule has 0 heterocycles. The van der Waals surface area contributed by atoms with Crippen molar-refractivity contribution in [3.63, 3.8) is 0 Å². The van der Waals surface area contributed by atoms with Gasteiger partial charge in [-0.05, 0) is 68.0 Å². The summed E-state index contributed by atoms with van der Waals surface area (Å²) in [6.07, 6.45) is 5.79. The number of nitrogens with one attached hydrogen (secondary N) is 1. The summed E-state index contributed by atoms with van der Waals surface area (Å²) in [6, 6.07) is 22.5. The minimum atomic E-state index is -4.08. The zero-order valence-corrected chi connectivity index (χ0v) is 25.1. The molecule has 1 fully saturated rings. The van der Waals surface area contributed by atoms with Gasteiger partial charge in [-0.15, -0.1) is 0 Å². The normalized spacial score (nSPS) is 14.7. The summed E-state index contributed by atoms with van der Waals surface area (Å²) in [7, 11) is -4.08. The third-order valence-corrected chi connectivity index (χ3v) is 9.75. The molecule has 41 heavy (non-hydrogen) atoms. The fourth-order valence-electron chi connectivity index (χ4n) is 5.41. The highest BCUT2D eigenvalue weighted by Gasteiger charge is 2.34. The van der Waals surface area contributed by atoms with E-state index in [0.29, 0.717) is 12.1 Å². The van der Waals surface area contributed by atoms with Crippen LogP contribution in [0.4, 0.5) is 5.69 Å². The Kier molecular flexibility index (Phi) is 10.2. The Labute approximate surface area is 244 Å². The van der Waals surface area contributed by atoms with Gasteiger partial charge in [-0.2, -0.15) is 0 Å². The number of carbonyl (C=O) groups is 2. The quantitative estimate of drug-likeness (QED) is 0.322. The largest absolute Gasteiger partial charge is 0.352 e. The van der Waals surface area contributed by atoms with Gasteiger partial charge in [-0.3, -0.25) is 13.9 Å². The predicted octanol–water partition coefficient (Wildman–Crippen LogP) is 5.62. The Bertz CT molecular complexity index is 1440. The van der Waals surface area contributed by atoms with Crippen LogP contribution in [0.15, 0.2) is 83.8 Å². The molecule has 8 heteroatoms. The molecule has 1 saturated carbocycles. The highest BCUT2D eigenvalue weighted by Crippen LogP contribution is 2.28. The third kappa shape index (κ3) is 7.36. The lowest BCUT2D eigenvalue weighted by Gasteiger charge is -2.34. The summed E-state index contributed by atoms with van der Waals surface area (Å²) >= 11 is 0. The lowest BCUT2D eigenvalue weighted by Crippen LogP contribution is -2.53. The number of carbonyl (C=O) groups excluding carboxylic acids is 2. The zero-order valence-electron chi connectivity index (χ0n) is 24.3. The molecule has 0 aromatic heterocycles. The molecule has 0 spiro atoms. The molecular weight excluding hydrogens is 534 g/mol. The van der Waals surface area contributed by atoms with Crippen LogP contribution in [-0.4, -0.2) is 43.8 Å². The lowest BCUT2D eigenvalue weighted by molar-refractivity contribution is -0.139. The van der Waals surface area contributed by atoms with Gasteiger partial charge in [0.15, 0.2) is 0 Å². The maximum Gasteiger partial charge on any atom is 0.264 e. The lowest BCUT2D eigenvalue weighted by atomic mass is 9.95. The number of nitrogens with zero attached hydrogens (tertiary/aromatic N) is 2. The number of hydrogen-bond acceptors (Lipinski definition) is 4. The van der Waals surface area contributed by atoms with Gasteiger partial charge in [0, 0.05) is 12.6 Å². The van der Waals surface area contributed by atoms with Crippen LogP contribution in [0.3, 0.4) is 0 Å². The van der Waals surface area contributed by atoms with Gasteiger partial charge in [0.2, 0.25) is 11.8 Å². The van der Waals surface area contributed by atoms with E-state index >= 15 is 0 Å². The molecule has 218 valence electrons. The number of para-hydroxylation sites is 1. The molecule has 1 unspecified atom stereocenters. The first-order chi connectivity index (χ1) is 19.7. The summed E-state index contributed by atoms with van der Waals surface area (Å²) in [5.74, 6) is -0.657. The summed E-state index contributed by atoms with van der Waals surface area (Å²) in [5, 5.41) is 3.15. The van der Waals surface area contributed by atoms with E-state index in [1.165, 1.54) is 27.8 Å². The highest BCUT2D eigenvalue weighted by molar-refractivity contribution is 7.92. The van der Waals surface area contributed by atoms with Crippen LogP contribution >= 0.6 is 0 Å². The second kappa shape index (κ2) is 13.8. The molecule has 3 aromatic carbocycles. The van der Waals surface area contributed by atoms with Gasteiger partial charge in [0.25, 0.3) is 10.0 Å². The average Bonchev–Trinajstić information content (AvgIpc) is 3.00. The topological polar surface area (TPSA) is 86.8 Å². The molecule has 7 nitrogen and oxygen atoms in total. The molecule has 1 atom stereocenters. The number of amides is 2. The minimum Gasteiger partial charge on any atom is -0.352 e. The summed E-state index contributed by atoms with van der Waals surface area (Å²) < 4.78 is 29.2. The molecule has 2 amide bonds. The van der Waals surface area contributed by atoms with Crippen molar-refractivity contribution < 1.29 is 18.0 Å². The monoisotopic (exact) mass is 575 g/mol. The van der Waals surface area contributed by atoms with Crippen molar-refractivity contribution in [3.8, 4) is 0 Å². The Balaban J connectivity index is 1.70. The minimum absolute atomic E-state index is 0.0977. The van der Waals surface area contributed by atoms with Crippen molar-refractivity contribution in [1.29, 1.82) is 0 Å². The second-order valence-electron chi connectivity index (χ2n) is 10.8. The van der Waals surface area contributed by atoms with E-state index in [1.807, 2.05) is 50.2 Å². The number of aryl methyl sites for hydroxylation is 2. The standard InChI is InChI=1S/C33H41N3O4S/c1-4-27-16-13-14-22-31(27)36(41(39,40)30-20-9-6-10-21-30)24-32(37)35(23-28-17-12-11-15-25(28)2)26(3)33(38)34-29-18-7-5-8-19-29/h6,9-17,20-22,26,29H,4-5,7-8,18-19,23-24H2,1-3H3,(H,34,38).